The molecule has 8 heteroatoms. The zero-order valence-electron chi connectivity index (χ0n) is 19.3. The largest absolute Gasteiger partial charge is 0.507 e. The van der Waals surface area contributed by atoms with E-state index in [1.807, 2.05) is 20.8 Å². The molecule has 0 radical (unpaired) electrons. The van der Waals surface area contributed by atoms with Crippen LogP contribution in [0.3, 0.4) is 0 Å². The Hall–Kier alpha value is -2.97. The topological polar surface area (TPSA) is 150 Å². The molecular formula is C25H30N2O6. The first kappa shape index (κ1) is 23.2. The molecule has 1 unspecified atom stereocenters. The van der Waals surface area contributed by atoms with Gasteiger partial charge in [-0.15, -0.1) is 0 Å². The summed E-state index contributed by atoms with van der Waals surface area (Å²) in [5, 5.41) is 36.4. The van der Waals surface area contributed by atoms with Crippen molar-refractivity contribution in [1.29, 1.82) is 0 Å². The SMILES string of the molecule is CC1=C(C(N)=O)C(=O)[C@@]2(O)C(=O)C3=C(O)c4c(O)ccc(CNC(C)(C)C)c4CC3C[C@H]2C1. The normalized spacial score (nSPS) is 27.3. The lowest BCUT2D eigenvalue weighted by atomic mass is 9.58. The number of fused-ring (bicyclic) bond motifs is 3. The maximum Gasteiger partial charge on any atom is 0.252 e. The van der Waals surface area contributed by atoms with Gasteiger partial charge in [-0.25, -0.2) is 0 Å². The van der Waals surface area contributed by atoms with E-state index in [0.717, 1.165) is 11.1 Å². The number of hydrogen-bond donors (Lipinski definition) is 5. The molecule has 3 atom stereocenters. The molecule has 1 saturated carbocycles. The molecule has 4 rings (SSSR count). The summed E-state index contributed by atoms with van der Waals surface area (Å²) < 4.78 is 0. The van der Waals surface area contributed by atoms with Crippen molar-refractivity contribution >= 4 is 23.2 Å². The van der Waals surface area contributed by atoms with Crippen LogP contribution in [0.5, 0.6) is 5.75 Å². The van der Waals surface area contributed by atoms with E-state index in [1.54, 1.807) is 13.0 Å². The quantitative estimate of drug-likeness (QED) is 0.345. The van der Waals surface area contributed by atoms with Crippen LogP contribution >= 0.6 is 0 Å². The number of nitrogens with two attached hydrogens (primary N) is 1. The highest BCUT2D eigenvalue weighted by Gasteiger charge is 2.60. The van der Waals surface area contributed by atoms with E-state index in [4.69, 9.17) is 5.73 Å². The van der Waals surface area contributed by atoms with Crippen LogP contribution in [0.15, 0.2) is 28.9 Å². The zero-order chi connectivity index (χ0) is 24.5. The maximum atomic E-state index is 13.5. The van der Waals surface area contributed by atoms with Crippen molar-refractivity contribution in [2.75, 3.05) is 0 Å². The Kier molecular flexibility index (Phi) is 5.29. The maximum absolute atomic E-state index is 13.5. The number of amides is 1. The van der Waals surface area contributed by atoms with Gasteiger partial charge in [0.1, 0.15) is 11.5 Å². The molecule has 176 valence electrons. The summed E-state index contributed by atoms with van der Waals surface area (Å²) in [6, 6.07) is 3.26. The number of ketones is 2. The Bertz CT molecular complexity index is 1160. The molecular weight excluding hydrogens is 424 g/mol. The number of carbonyl (C=O) groups is 3. The number of primary amides is 1. The average Bonchev–Trinajstić information content (AvgIpc) is 2.69. The molecule has 0 spiro atoms. The van der Waals surface area contributed by atoms with Crippen LogP contribution in [-0.4, -0.2) is 43.9 Å². The fraction of sp³-hybridized carbons (Fsp3) is 0.480. The highest BCUT2D eigenvalue weighted by molar-refractivity contribution is 6.32. The molecule has 1 amide bonds. The van der Waals surface area contributed by atoms with Crippen molar-refractivity contribution < 1.29 is 29.7 Å². The van der Waals surface area contributed by atoms with Gasteiger partial charge in [-0.1, -0.05) is 11.6 Å². The fourth-order valence-corrected chi connectivity index (χ4v) is 5.48. The third-order valence-corrected chi connectivity index (χ3v) is 7.10. The highest BCUT2D eigenvalue weighted by Crippen LogP contribution is 2.51. The Labute approximate surface area is 192 Å². The van der Waals surface area contributed by atoms with E-state index < -0.39 is 40.7 Å². The molecule has 8 nitrogen and oxygen atoms in total. The van der Waals surface area contributed by atoms with Crippen molar-refractivity contribution in [3.05, 3.63) is 45.5 Å². The van der Waals surface area contributed by atoms with Gasteiger partial charge in [0.05, 0.1) is 11.1 Å². The Morgan fingerprint density at radius 1 is 1.18 bits per heavy atom. The lowest BCUT2D eigenvalue weighted by Crippen LogP contribution is -2.61. The first-order valence-electron chi connectivity index (χ1n) is 11.1. The second-order valence-electron chi connectivity index (χ2n) is 10.4. The molecule has 0 heterocycles. The second kappa shape index (κ2) is 7.53. The molecule has 3 aliphatic rings. The van der Waals surface area contributed by atoms with E-state index in [2.05, 4.69) is 5.32 Å². The number of phenols is 1. The van der Waals surface area contributed by atoms with Crippen LogP contribution < -0.4 is 11.1 Å². The number of allylic oxidation sites excluding steroid dienone is 1. The second-order valence-corrected chi connectivity index (χ2v) is 10.4. The molecule has 33 heavy (non-hydrogen) atoms. The van der Waals surface area contributed by atoms with Gasteiger partial charge in [-0.2, -0.15) is 0 Å². The van der Waals surface area contributed by atoms with Gasteiger partial charge in [0, 0.05) is 23.6 Å². The summed E-state index contributed by atoms with van der Waals surface area (Å²) >= 11 is 0. The molecule has 0 aliphatic heterocycles. The number of rotatable bonds is 3. The van der Waals surface area contributed by atoms with Gasteiger partial charge in [0.2, 0.25) is 11.6 Å². The first-order chi connectivity index (χ1) is 15.3. The van der Waals surface area contributed by atoms with Gasteiger partial charge in [0.15, 0.2) is 5.60 Å². The van der Waals surface area contributed by atoms with Crippen LogP contribution in [0, 0.1) is 11.8 Å². The minimum absolute atomic E-state index is 0.0748. The molecule has 3 aliphatic carbocycles. The van der Waals surface area contributed by atoms with Crippen molar-refractivity contribution in [3.8, 4) is 5.75 Å². The Morgan fingerprint density at radius 2 is 1.85 bits per heavy atom. The van der Waals surface area contributed by atoms with Crippen LogP contribution in [0.4, 0.5) is 0 Å². The first-order valence-corrected chi connectivity index (χ1v) is 11.1. The minimum Gasteiger partial charge on any atom is -0.507 e. The zero-order valence-corrected chi connectivity index (χ0v) is 19.3. The summed E-state index contributed by atoms with van der Waals surface area (Å²) in [7, 11) is 0. The molecule has 1 aromatic rings. The van der Waals surface area contributed by atoms with Gasteiger partial charge in [-0.05, 0) is 70.1 Å². The van der Waals surface area contributed by atoms with Crippen molar-refractivity contribution in [3.63, 3.8) is 0 Å². The number of Topliss-reactive ketones (excluding diaryl/α,β-unsaturated/α-hetero) is 2. The summed E-state index contributed by atoms with van der Waals surface area (Å²) in [5.74, 6) is -4.67. The number of aliphatic hydroxyl groups excluding tert-OH is 1. The third-order valence-electron chi connectivity index (χ3n) is 7.10. The standard InChI is InChI=1S/C25H30N2O6/c1-11-7-14-8-13-9-15-12(10-27-24(2,3)4)5-6-16(28)19(15)20(29)18(13)22(31)25(14,33)21(30)17(11)23(26)32/h5-6,13-14,27-29,33H,7-10H2,1-4H3,(H2,26,32)/t13?,14-,25-/m1/s1. The molecule has 6 N–H and O–H groups in total. The smallest absolute Gasteiger partial charge is 0.252 e. The molecule has 0 aromatic heterocycles. The summed E-state index contributed by atoms with van der Waals surface area (Å²) in [5.41, 5.74) is 4.55. The number of benzene rings is 1. The molecule has 0 bridgehead atoms. The Morgan fingerprint density at radius 3 is 2.45 bits per heavy atom. The number of phenolic OH excluding ortho intramolecular Hbond substituents is 1. The van der Waals surface area contributed by atoms with Crippen LogP contribution in [0.2, 0.25) is 0 Å². The number of hydrogen-bond acceptors (Lipinski definition) is 7. The minimum atomic E-state index is -2.46. The van der Waals surface area contributed by atoms with Crippen LogP contribution in [-0.2, 0) is 27.3 Å². The predicted octanol–water partition coefficient (Wildman–Crippen LogP) is 1.82. The molecule has 1 fully saturated rings. The van der Waals surface area contributed by atoms with Gasteiger partial charge in [0.25, 0.3) is 5.91 Å². The number of aliphatic hydroxyl groups is 2. The van der Waals surface area contributed by atoms with E-state index in [0.29, 0.717) is 18.5 Å². The highest BCUT2D eigenvalue weighted by atomic mass is 16.3. The van der Waals surface area contributed by atoms with Gasteiger partial charge < -0.3 is 26.4 Å². The van der Waals surface area contributed by atoms with E-state index >= 15 is 0 Å². The van der Waals surface area contributed by atoms with Crippen molar-refractivity contribution in [2.24, 2.45) is 17.6 Å². The number of nitrogens with one attached hydrogen (secondary N) is 1. The van der Waals surface area contributed by atoms with E-state index in [9.17, 15) is 29.7 Å². The summed E-state index contributed by atoms with van der Waals surface area (Å²) in [6.07, 6.45) is 0.836. The van der Waals surface area contributed by atoms with Crippen LogP contribution in [0.1, 0.15) is 57.2 Å². The lowest BCUT2D eigenvalue weighted by molar-refractivity contribution is -0.157. The number of aromatic hydroxyl groups is 1. The lowest BCUT2D eigenvalue weighted by Gasteiger charge is -2.46. The summed E-state index contributed by atoms with van der Waals surface area (Å²) in [6.45, 7) is 8.21. The van der Waals surface area contributed by atoms with Gasteiger partial charge >= 0.3 is 0 Å². The monoisotopic (exact) mass is 454 g/mol. The van der Waals surface area contributed by atoms with E-state index in [1.165, 1.54) is 6.07 Å². The van der Waals surface area contributed by atoms with Gasteiger partial charge in [-0.3, -0.25) is 14.4 Å². The Balaban J connectivity index is 1.83. The molecule has 0 saturated heterocycles. The average molecular weight is 455 g/mol. The van der Waals surface area contributed by atoms with Crippen molar-refractivity contribution in [1.82, 2.24) is 5.32 Å². The summed E-state index contributed by atoms with van der Waals surface area (Å²) in [4.78, 5) is 38.4. The van der Waals surface area contributed by atoms with Crippen molar-refractivity contribution in [2.45, 2.75) is 64.6 Å². The molecule has 1 aromatic carbocycles. The number of carbonyl (C=O) groups excluding carboxylic acids is 3. The van der Waals surface area contributed by atoms with E-state index in [-0.39, 0.29) is 40.8 Å². The van der Waals surface area contributed by atoms with Crippen LogP contribution in [0.25, 0.3) is 5.76 Å². The fourth-order valence-electron chi connectivity index (χ4n) is 5.48. The third kappa shape index (κ3) is 3.48. The predicted molar refractivity (Wildman–Crippen MR) is 121 cm³/mol.